The molecule has 1 aromatic rings. The summed E-state index contributed by atoms with van der Waals surface area (Å²) in [5, 5.41) is 14.1. The predicted molar refractivity (Wildman–Crippen MR) is 111 cm³/mol. The monoisotopic (exact) mass is 398 g/mol. The quantitative estimate of drug-likeness (QED) is 0.774. The molecule has 158 valence electrons. The predicted octanol–water partition coefficient (Wildman–Crippen LogP) is 2.86. The molecule has 1 aliphatic heterocycles. The van der Waals surface area contributed by atoms with E-state index in [9.17, 15) is 9.90 Å². The van der Waals surface area contributed by atoms with Crippen LogP contribution in [-0.4, -0.2) is 47.8 Å². The van der Waals surface area contributed by atoms with E-state index in [1.54, 1.807) is 0 Å². The van der Waals surface area contributed by atoms with Crippen LogP contribution in [0.4, 0.5) is 0 Å². The van der Waals surface area contributed by atoms with Crippen LogP contribution in [0.5, 0.6) is 0 Å². The number of nitrogens with one attached hydrogen (secondary N) is 1. The highest BCUT2D eigenvalue weighted by atomic mass is 16.5. The summed E-state index contributed by atoms with van der Waals surface area (Å²) in [6.07, 6.45) is 6.85. The fourth-order valence-electron chi connectivity index (χ4n) is 7.09. The maximum Gasteiger partial charge on any atom is 0.220 e. The second-order valence-corrected chi connectivity index (χ2v) is 10.3. The van der Waals surface area contributed by atoms with E-state index in [0.29, 0.717) is 24.8 Å². The van der Waals surface area contributed by atoms with E-state index >= 15 is 0 Å². The van der Waals surface area contributed by atoms with Crippen molar-refractivity contribution in [1.29, 1.82) is 0 Å². The van der Waals surface area contributed by atoms with Gasteiger partial charge in [0.05, 0.1) is 18.8 Å². The molecular formula is C24H34N2O3. The minimum absolute atomic E-state index is 0.0379. The van der Waals surface area contributed by atoms with Crippen molar-refractivity contribution in [2.45, 2.75) is 63.6 Å². The number of carbonyl (C=O) groups is 1. The summed E-state index contributed by atoms with van der Waals surface area (Å²) >= 11 is 0. The first-order chi connectivity index (χ1) is 14.0. The van der Waals surface area contributed by atoms with Crippen LogP contribution in [0.25, 0.3) is 0 Å². The van der Waals surface area contributed by atoms with Crippen LogP contribution in [0.2, 0.25) is 0 Å². The Balaban J connectivity index is 1.19. The molecule has 4 saturated carbocycles. The Labute approximate surface area is 173 Å². The fourth-order valence-corrected chi connectivity index (χ4v) is 7.09. The number of aliphatic hydroxyl groups is 1. The van der Waals surface area contributed by atoms with Gasteiger partial charge in [-0.15, -0.1) is 0 Å². The summed E-state index contributed by atoms with van der Waals surface area (Å²) in [5.41, 5.74) is 2.04. The van der Waals surface area contributed by atoms with Gasteiger partial charge < -0.3 is 15.2 Å². The van der Waals surface area contributed by atoms with Gasteiger partial charge in [0.2, 0.25) is 5.91 Å². The lowest BCUT2D eigenvalue weighted by atomic mass is 9.47. The van der Waals surface area contributed by atoms with Gasteiger partial charge in [0, 0.05) is 32.6 Å². The Morgan fingerprint density at radius 3 is 2.48 bits per heavy atom. The third kappa shape index (κ3) is 4.23. The number of hydrogen-bond donors (Lipinski definition) is 2. The number of carbonyl (C=O) groups excluding carboxylic acids is 1. The van der Waals surface area contributed by atoms with Crippen molar-refractivity contribution < 1.29 is 14.6 Å². The van der Waals surface area contributed by atoms with Crippen LogP contribution in [0.1, 0.15) is 56.1 Å². The van der Waals surface area contributed by atoms with E-state index in [-0.39, 0.29) is 11.3 Å². The third-order valence-electron chi connectivity index (χ3n) is 7.78. The average Bonchev–Trinajstić information content (AvgIpc) is 2.66. The van der Waals surface area contributed by atoms with Gasteiger partial charge in [0.15, 0.2) is 0 Å². The molecule has 0 radical (unpaired) electrons. The number of rotatable bonds is 6. The van der Waals surface area contributed by atoms with Crippen molar-refractivity contribution in [1.82, 2.24) is 10.2 Å². The van der Waals surface area contributed by atoms with Crippen molar-refractivity contribution in [2.75, 3.05) is 26.3 Å². The third-order valence-corrected chi connectivity index (χ3v) is 7.78. The second kappa shape index (κ2) is 7.68. The van der Waals surface area contributed by atoms with Gasteiger partial charge in [-0.3, -0.25) is 9.69 Å². The van der Waals surface area contributed by atoms with E-state index in [1.807, 2.05) is 0 Å². The molecule has 0 aromatic heterocycles. The highest BCUT2D eigenvalue weighted by Gasteiger charge is 2.57. The molecule has 6 rings (SSSR count). The highest BCUT2D eigenvalue weighted by molar-refractivity contribution is 5.76. The molecule has 1 amide bonds. The highest BCUT2D eigenvalue weighted by Crippen LogP contribution is 2.62. The Bertz CT molecular complexity index is 744. The molecular weight excluding hydrogens is 364 g/mol. The lowest BCUT2D eigenvalue weighted by molar-refractivity contribution is -0.169. The van der Waals surface area contributed by atoms with Crippen LogP contribution in [0.15, 0.2) is 24.3 Å². The van der Waals surface area contributed by atoms with Crippen LogP contribution >= 0.6 is 0 Å². The zero-order valence-corrected chi connectivity index (χ0v) is 17.4. The summed E-state index contributed by atoms with van der Waals surface area (Å²) in [5.74, 6) is 1.41. The maximum absolute atomic E-state index is 12.9. The Hall–Kier alpha value is -1.43. The van der Waals surface area contributed by atoms with E-state index in [4.69, 9.17) is 4.74 Å². The van der Waals surface area contributed by atoms with Gasteiger partial charge >= 0.3 is 0 Å². The lowest BCUT2D eigenvalue weighted by Crippen LogP contribution is -2.56. The number of ether oxygens (including phenoxy) is 1. The van der Waals surface area contributed by atoms with E-state index in [1.165, 1.54) is 17.5 Å². The van der Waals surface area contributed by atoms with Crippen LogP contribution in [0.3, 0.4) is 0 Å². The van der Waals surface area contributed by atoms with Crippen molar-refractivity contribution in [2.24, 2.45) is 17.3 Å². The smallest absolute Gasteiger partial charge is 0.220 e. The molecule has 5 fully saturated rings. The molecule has 4 aliphatic carbocycles. The largest absolute Gasteiger partial charge is 0.390 e. The molecule has 5 aliphatic rings. The zero-order valence-electron chi connectivity index (χ0n) is 17.4. The summed E-state index contributed by atoms with van der Waals surface area (Å²) < 4.78 is 5.45. The number of morpholine rings is 1. The number of benzene rings is 1. The van der Waals surface area contributed by atoms with Crippen LogP contribution < -0.4 is 5.32 Å². The standard InChI is InChI=1S/C24H34N2O3/c27-22(14-23-10-18-9-19(11-23)13-24(28,12-18)17-23)25-15-20-3-1-2-4-21(20)16-26-5-7-29-8-6-26/h1-4,18-19,28H,5-17H2,(H,25,27)/t18-,19+,23?,24?. The molecule has 1 heterocycles. The molecule has 5 nitrogen and oxygen atoms in total. The summed E-state index contributed by atoms with van der Waals surface area (Å²) in [4.78, 5) is 15.3. The molecule has 2 N–H and O–H groups in total. The molecule has 2 unspecified atom stereocenters. The van der Waals surface area contributed by atoms with Crippen molar-refractivity contribution >= 4 is 5.91 Å². The molecule has 4 bridgehead atoms. The molecule has 0 spiro atoms. The maximum atomic E-state index is 12.9. The van der Waals surface area contributed by atoms with Crippen molar-refractivity contribution in [3.63, 3.8) is 0 Å². The molecule has 1 saturated heterocycles. The number of nitrogens with zero attached hydrogens (tertiary/aromatic N) is 1. The van der Waals surface area contributed by atoms with Gasteiger partial charge in [-0.2, -0.15) is 0 Å². The minimum atomic E-state index is -0.491. The van der Waals surface area contributed by atoms with E-state index < -0.39 is 5.60 Å². The van der Waals surface area contributed by atoms with Crippen molar-refractivity contribution in [3.8, 4) is 0 Å². The van der Waals surface area contributed by atoms with Crippen LogP contribution in [0, 0.1) is 17.3 Å². The molecule has 4 atom stereocenters. The Morgan fingerprint density at radius 2 is 1.79 bits per heavy atom. The Morgan fingerprint density at radius 1 is 1.10 bits per heavy atom. The average molecular weight is 399 g/mol. The normalized spacial score (nSPS) is 36.3. The van der Waals surface area contributed by atoms with Gasteiger partial charge in [-0.25, -0.2) is 0 Å². The summed E-state index contributed by atoms with van der Waals surface area (Å²) in [7, 11) is 0. The first-order valence-electron chi connectivity index (χ1n) is 11.4. The van der Waals surface area contributed by atoms with E-state index in [2.05, 4.69) is 34.5 Å². The molecule has 29 heavy (non-hydrogen) atoms. The topological polar surface area (TPSA) is 61.8 Å². The second-order valence-electron chi connectivity index (χ2n) is 10.3. The summed E-state index contributed by atoms with van der Waals surface area (Å²) in [6, 6.07) is 8.44. The lowest BCUT2D eigenvalue weighted by Gasteiger charge is -2.60. The SMILES string of the molecule is O=C(CC12C[C@@H]3C[C@@H](CC(O)(C3)C1)C2)NCc1ccccc1CN1CCOCC1. The van der Waals surface area contributed by atoms with Gasteiger partial charge in [-0.05, 0) is 66.9 Å². The fraction of sp³-hybridized carbons (Fsp3) is 0.708. The first kappa shape index (κ1) is 19.5. The van der Waals surface area contributed by atoms with E-state index in [0.717, 1.165) is 65.0 Å². The first-order valence-corrected chi connectivity index (χ1v) is 11.4. The van der Waals surface area contributed by atoms with Gasteiger partial charge in [-0.1, -0.05) is 24.3 Å². The van der Waals surface area contributed by atoms with Crippen LogP contribution in [-0.2, 0) is 22.6 Å². The molecule has 5 heteroatoms. The van der Waals surface area contributed by atoms with Crippen molar-refractivity contribution in [3.05, 3.63) is 35.4 Å². The Kier molecular flexibility index (Phi) is 5.17. The number of amides is 1. The molecule has 1 aromatic carbocycles. The number of hydrogen-bond acceptors (Lipinski definition) is 4. The van der Waals surface area contributed by atoms with Gasteiger partial charge in [0.25, 0.3) is 0 Å². The minimum Gasteiger partial charge on any atom is -0.390 e. The summed E-state index contributed by atoms with van der Waals surface area (Å²) in [6.45, 7) is 5.04. The zero-order chi connectivity index (χ0) is 19.9. The van der Waals surface area contributed by atoms with Gasteiger partial charge in [0.1, 0.15) is 0 Å².